The van der Waals surface area contributed by atoms with Gasteiger partial charge in [0, 0.05) is 12.2 Å². The van der Waals surface area contributed by atoms with Gasteiger partial charge in [0.15, 0.2) is 0 Å². The number of aromatic nitrogens is 1. The molecule has 0 aliphatic rings. The van der Waals surface area contributed by atoms with E-state index in [0.29, 0.717) is 0 Å². The molecule has 0 fully saturated rings. The Hall–Kier alpha value is -0.870. The minimum absolute atomic E-state index is 0.840. The van der Waals surface area contributed by atoms with Crippen LogP contribution in [0.25, 0.3) is 0 Å². The molecule has 0 radical (unpaired) electrons. The van der Waals surface area contributed by atoms with Crippen LogP contribution < -0.4 is 5.32 Å². The summed E-state index contributed by atoms with van der Waals surface area (Å²) in [4.78, 5) is 4.23. The lowest BCUT2D eigenvalue weighted by Gasteiger charge is -2.04. The molecule has 0 aliphatic carbocycles. The lowest BCUT2D eigenvalue weighted by Crippen LogP contribution is -1.98. The molecule has 0 spiro atoms. The van der Waals surface area contributed by atoms with Gasteiger partial charge in [0.2, 0.25) is 0 Å². The Bertz CT molecular complexity index is 436. The van der Waals surface area contributed by atoms with E-state index in [1.165, 1.54) is 9.35 Å². The number of anilines is 1. The van der Waals surface area contributed by atoms with E-state index in [0.717, 1.165) is 17.9 Å². The Labute approximate surface area is 101 Å². The quantitative estimate of drug-likeness (QED) is 0.926. The number of aryl methyl sites for hydroxylation is 1. The molecular weight excluding hydrogens is 272 g/mol. The maximum atomic E-state index is 4.23. The first kappa shape index (κ1) is 10.6. The topological polar surface area (TPSA) is 24.9 Å². The summed E-state index contributed by atoms with van der Waals surface area (Å²) in [5.74, 6) is 0. The monoisotopic (exact) mass is 282 g/mol. The van der Waals surface area contributed by atoms with Gasteiger partial charge in [0.05, 0.1) is 15.7 Å². The van der Waals surface area contributed by atoms with Gasteiger partial charge in [-0.1, -0.05) is 0 Å². The van der Waals surface area contributed by atoms with E-state index in [1.54, 1.807) is 11.3 Å². The maximum absolute atomic E-state index is 4.23. The van der Waals surface area contributed by atoms with Crippen molar-refractivity contribution in [3.8, 4) is 0 Å². The van der Waals surface area contributed by atoms with Crippen LogP contribution in [0.2, 0.25) is 0 Å². The van der Waals surface area contributed by atoms with Crippen molar-refractivity contribution >= 4 is 33.0 Å². The molecule has 78 valence electrons. The van der Waals surface area contributed by atoms with E-state index in [1.807, 2.05) is 25.3 Å². The largest absolute Gasteiger partial charge is 0.380 e. The SMILES string of the molecule is Cc1ccc(NCc2csc(Br)c2)cn1. The summed E-state index contributed by atoms with van der Waals surface area (Å²) in [5.41, 5.74) is 3.38. The summed E-state index contributed by atoms with van der Waals surface area (Å²) in [6, 6.07) is 6.18. The number of hydrogen-bond donors (Lipinski definition) is 1. The molecule has 0 atom stereocenters. The van der Waals surface area contributed by atoms with Gasteiger partial charge in [-0.25, -0.2) is 0 Å². The number of rotatable bonds is 3. The van der Waals surface area contributed by atoms with Crippen molar-refractivity contribution in [2.75, 3.05) is 5.32 Å². The molecule has 0 aromatic carbocycles. The normalized spacial score (nSPS) is 10.3. The lowest BCUT2D eigenvalue weighted by molar-refractivity contribution is 1.13. The highest BCUT2D eigenvalue weighted by molar-refractivity contribution is 9.11. The third-order valence-corrected chi connectivity index (χ3v) is 3.58. The van der Waals surface area contributed by atoms with Crippen LogP contribution in [0.3, 0.4) is 0 Å². The zero-order valence-electron chi connectivity index (χ0n) is 8.33. The summed E-state index contributed by atoms with van der Waals surface area (Å²) in [7, 11) is 0. The van der Waals surface area contributed by atoms with Crippen LogP contribution >= 0.6 is 27.3 Å². The van der Waals surface area contributed by atoms with E-state index in [-0.39, 0.29) is 0 Å². The van der Waals surface area contributed by atoms with Gasteiger partial charge in [0.1, 0.15) is 0 Å². The van der Waals surface area contributed by atoms with Crippen molar-refractivity contribution in [2.45, 2.75) is 13.5 Å². The zero-order valence-corrected chi connectivity index (χ0v) is 10.7. The molecule has 1 N–H and O–H groups in total. The number of hydrogen-bond acceptors (Lipinski definition) is 3. The second-order valence-electron chi connectivity index (χ2n) is 3.30. The molecule has 2 aromatic heterocycles. The van der Waals surface area contributed by atoms with E-state index in [2.05, 4.69) is 37.7 Å². The molecule has 0 amide bonds. The average molecular weight is 283 g/mol. The van der Waals surface area contributed by atoms with Gasteiger partial charge in [0.25, 0.3) is 0 Å². The predicted octanol–water partition coefficient (Wildman–Crippen LogP) is 3.83. The fraction of sp³-hybridized carbons (Fsp3) is 0.182. The molecular formula is C11H11BrN2S. The number of thiophene rings is 1. The standard InChI is InChI=1S/C11H11BrN2S/c1-8-2-3-10(6-13-8)14-5-9-4-11(12)15-7-9/h2-4,6-7,14H,5H2,1H3. The lowest BCUT2D eigenvalue weighted by atomic mass is 10.3. The number of halogens is 1. The van der Waals surface area contributed by atoms with Crippen LogP contribution in [0.1, 0.15) is 11.3 Å². The van der Waals surface area contributed by atoms with Crippen molar-refractivity contribution in [2.24, 2.45) is 0 Å². The van der Waals surface area contributed by atoms with Gasteiger partial charge in [-0.2, -0.15) is 0 Å². The minimum Gasteiger partial charge on any atom is -0.380 e. The molecule has 0 bridgehead atoms. The predicted molar refractivity (Wildman–Crippen MR) is 68.3 cm³/mol. The molecule has 2 heterocycles. The third-order valence-electron chi connectivity index (χ3n) is 2.03. The summed E-state index contributed by atoms with van der Waals surface area (Å²) in [5, 5.41) is 5.46. The summed E-state index contributed by atoms with van der Waals surface area (Å²) < 4.78 is 1.17. The molecule has 15 heavy (non-hydrogen) atoms. The Morgan fingerprint density at radius 3 is 2.93 bits per heavy atom. The molecule has 0 aliphatic heterocycles. The Morgan fingerprint density at radius 2 is 2.33 bits per heavy atom. The van der Waals surface area contributed by atoms with Gasteiger partial charge in [-0.05, 0) is 52.0 Å². The van der Waals surface area contributed by atoms with Crippen LogP contribution in [0, 0.1) is 6.92 Å². The summed E-state index contributed by atoms with van der Waals surface area (Å²) in [6.45, 7) is 2.83. The van der Waals surface area contributed by atoms with E-state index in [4.69, 9.17) is 0 Å². The first-order chi connectivity index (χ1) is 7.24. The van der Waals surface area contributed by atoms with Crippen LogP contribution in [0.4, 0.5) is 5.69 Å². The summed E-state index contributed by atoms with van der Waals surface area (Å²) >= 11 is 5.15. The fourth-order valence-electron chi connectivity index (χ4n) is 1.21. The van der Waals surface area contributed by atoms with Crippen LogP contribution in [-0.2, 0) is 6.54 Å². The number of pyridine rings is 1. The van der Waals surface area contributed by atoms with Crippen LogP contribution in [0.5, 0.6) is 0 Å². The van der Waals surface area contributed by atoms with Crippen LogP contribution in [-0.4, -0.2) is 4.98 Å². The Balaban J connectivity index is 1.96. The molecule has 2 nitrogen and oxygen atoms in total. The third kappa shape index (κ3) is 3.04. The van der Waals surface area contributed by atoms with Gasteiger partial charge >= 0.3 is 0 Å². The van der Waals surface area contributed by atoms with E-state index in [9.17, 15) is 0 Å². The van der Waals surface area contributed by atoms with Gasteiger partial charge in [-0.15, -0.1) is 11.3 Å². The van der Waals surface area contributed by atoms with Crippen LogP contribution in [0.15, 0.2) is 33.6 Å². The molecule has 4 heteroatoms. The van der Waals surface area contributed by atoms with Gasteiger partial charge in [-0.3, -0.25) is 4.98 Å². The minimum atomic E-state index is 0.840. The van der Waals surface area contributed by atoms with Crippen molar-refractivity contribution in [1.82, 2.24) is 4.98 Å². The smallest absolute Gasteiger partial charge is 0.0701 e. The average Bonchev–Trinajstić information content (AvgIpc) is 2.64. The number of nitrogens with zero attached hydrogens (tertiary/aromatic N) is 1. The zero-order chi connectivity index (χ0) is 10.7. The summed E-state index contributed by atoms with van der Waals surface area (Å²) in [6.07, 6.45) is 1.86. The van der Waals surface area contributed by atoms with E-state index < -0.39 is 0 Å². The van der Waals surface area contributed by atoms with Crippen molar-refractivity contribution in [3.63, 3.8) is 0 Å². The fourth-order valence-corrected chi connectivity index (χ4v) is 2.42. The van der Waals surface area contributed by atoms with Crippen molar-refractivity contribution in [1.29, 1.82) is 0 Å². The highest BCUT2D eigenvalue weighted by Gasteiger charge is 1.97. The highest BCUT2D eigenvalue weighted by Crippen LogP contribution is 2.21. The highest BCUT2D eigenvalue weighted by atomic mass is 79.9. The molecule has 2 rings (SSSR count). The van der Waals surface area contributed by atoms with Crippen molar-refractivity contribution in [3.05, 3.63) is 44.8 Å². The van der Waals surface area contributed by atoms with Crippen molar-refractivity contribution < 1.29 is 0 Å². The Kier molecular flexibility index (Phi) is 3.38. The maximum Gasteiger partial charge on any atom is 0.0701 e. The molecule has 0 saturated carbocycles. The van der Waals surface area contributed by atoms with E-state index >= 15 is 0 Å². The molecule has 2 aromatic rings. The first-order valence-electron chi connectivity index (χ1n) is 4.63. The second kappa shape index (κ2) is 4.77. The molecule has 0 saturated heterocycles. The molecule has 0 unspecified atom stereocenters. The second-order valence-corrected chi connectivity index (χ2v) is 5.59. The number of nitrogens with one attached hydrogen (secondary N) is 1. The first-order valence-corrected chi connectivity index (χ1v) is 6.31. The Morgan fingerprint density at radius 1 is 1.47 bits per heavy atom. The van der Waals surface area contributed by atoms with Gasteiger partial charge < -0.3 is 5.32 Å².